The van der Waals surface area contributed by atoms with Crippen LogP contribution in [-0.4, -0.2) is 34.2 Å². The van der Waals surface area contributed by atoms with Gasteiger partial charge in [-0.15, -0.1) is 0 Å². The Bertz CT molecular complexity index is 522. The van der Waals surface area contributed by atoms with E-state index in [9.17, 15) is 13.2 Å². The van der Waals surface area contributed by atoms with Gasteiger partial charge in [-0.25, -0.2) is 4.98 Å². The maximum Gasteiger partial charge on any atom is 0.422 e. The average molecular weight is 246 g/mol. The maximum absolute atomic E-state index is 12.1. The summed E-state index contributed by atoms with van der Waals surface area (Å²) >= 11 is 0. The summed E-state index contributed by atoms with van der Waals surface area (Å²) in [6, 6.07) is 0. The molecule has 2 aromatic rings. The van der Waals surface area contributed by atoms with Crippen molar-refractivity contribution in [3.05, 3.63) is 18.6 Å². The van der Waals surface area contributed by atoms with Crippen molar-refractivity contribution in [2.45, 2.75) is 6.18 Å². The number of ether oxygens (including phenoxy) is 1. The van der Waals surface area contributed by atoms with Crippen LogP contribution >= 0.6 is 0 Å². The lowest BCUT2D eigenvalue weighted by Gasteiger charge is -2.10. The summed E-state index contributed by atoms with van der Waals surface area (Å²) in [6.45, 7) is -1.39. The third kappa shape index (κ3) is 2.58. The Morgan fingerprint density at radius 1 is 1.47 bits per heavy atom. The van der Waals surface area contributed by atoms with Crippen molar-refractivity contribution >= 4 is 11.5 Å². The van der Waals surface area contributed by atoms with E-state index in [1.165, 1.54) is 10.6 Å². The molecule has 92 valence electrons. The number of imidazole rings is 1. The predicted molar refractivity (Wildman–Crippen MR) is 54.1 cm³/mol. The summed E-state index contributed by atoms with van der Waals surface area (Å²) in [5, 5.41) is 2.73. The van der Waals surface area contributed by atoms with Crippen LogP contribution in [0.4, 0.5) is 19.0 Å². The number of aromatic nitrogens is 3. The molecular formula is C9H9F3N4O. The normalized spacial score (nSPS) is 11.8. The zero-order valence-corrected chi connectivity index (χ0v) is 8.82. The first-order chi connectivity index (χ1) is 7.99. The molecule has 1 N–H and O–H groups in total. The summed E-state index contributed by atoms with van der Waals surface area (Å²) < 4.78 is 42.3. The molecule has 0 bridgehead atoms. The highest BCUT2D eigenvalue weighted by Gasteiger charge is 2.29. The molecular weight excluding hydrogens is 237 g/mol. The lowest BCUT2D eigenvalue weighted by Crippen LogP contribution is -2.20. The van der Waals surface area contributed by atoms with Crippen molar-refractivity contribution in [2.24, 2.45) is 0 Å². The van der Waals surface area contributed by atoms with E-state index in [1.807, 2.05) is 0 Å². The highest BCUT2D eigenvalue weighted by Crippen LogP contribution is 2.21. The summed E-state index contributed by atoms with van der Waals surface area (Å²) in [5.74, 6) is 0.242. The van der Waals surface area contributed by atoms with Gasteiger partial charge in [0.25, 0.3) is 5.88 Å². The molecule has 0 atom stereocenters. The van der Waals surface area contributed by atoms with Crippen LogP contribution in [0.3, 0.4) is 0 Å². The molecule has 0 unspecified atom stereocenters. The first-order valence-corrected chi connectivity index (χ1v) is 4.70. The minimum atomic E-state index is -4.40. The van der Waals surface area contributed by atoms with Gasteiger partial charge in [0.2, 0.25) is 5.65 Å². The summed E-state index contributed by atoms with van der Waals surface area (Å²) in [7, 11) is 1.61. The number of rotatable bonds is 3. The number of halogens is 3. The Hall–Kier alpha value is -1.99. The Balaban J connectivity index is 2.34. The minimum Gasteiger partial charge on any atom is -0.465 e. The Morgan fingerprint density at radius 3 is 2.88 bits per heavy atom. The average Bonchev–Trinajstić information content (AvgIpc) is 2.72. The smallest absolute Gasteiger partial charge is 0.422 e. The molecule has 0 fully saturated rings. The minimum absolute atomic E-state index is 0.154. The molecule has 0 aliphatic rings. The highest BCUT2D eigenvalue weighted by molar-refractivity contribution is 5.53. The van der Waals surface area contributed by atoms with E-state index in [0.29, 0.717) is 5.82 Å². The van der Waals surface area contributed by atoms with Crippen molar-refractivity contribution in [1.29, 1.82) is 0 Å². The number of hydrogen-bond donors (Lipinski definition) is 1. The second-order valence-corrected chi connectivity index (χ2v) is 3.24. The van der Waals surface area contributed by atoms with Crippen molar-refractivity contribution in [3.63, 3.8) is 0 Å². The van der Waals surface area contributed by atoms with Crippen LogP contribution < -0.4 is 10.1 Å². The van der Waals surface area contributed by atoms with Crippen LogP contribution in [0.1, 0.15) is 0 Å². The predicted octanol–water partition coefficient (Wildman–Crippen LogP) is 1.71. The van der Waals surface area contributed by atoms with Gasteiger partial charge in [-0.05, 0) is 0 Å². The van der Waals surface area contributed by atoms with Gasteiger partial charge in [-0.1, -0.05) is 0 Å². The Morgan fingerprint density at radius 2 is 2.24 bits per heavy atom. The van der Waals surface area contributed by atoms with Crippen LogP contribution in [0.15, 0.2) is 18.6 Å². The Kier molecular flexibility index (Phi) is 2.78. The molecule has 0 saturated heterocycles. The highest BCUT2D eigenvalue weighted by atomic mass is 19.4. The number of fused-ring (bicyclic) bond motifs is 1. The van der Waals surface area contributed by atoms with Crippen LogP contribution in [0.25, 0.3) is 5.65 Å². The van der Waals surface area contributed by atoms with Crippen LogP contribution in [0, 0.1) is 0 Å². The van der Waals surface area contributed by atoms with Gasteiger partial charge < -0.3 is 10.1 Å². The van der Waals surface area contributed by atoms with E-state index in [0.717, 1.165) is 0 Å². The second kappa shape index (κ2) is 4.11. The largest absolute Gasteiger partial charge is 0.465 e. The summed E-state index contributed by atoms with van der Waals surface area (Å²) in [4.78, 5) is 7.75. The fourth-order valence-electron chi connectivity index (χ4n) is 1.27. The fourth-order valence-corrected chi connectivity index (χ4v) is 1.27. The number of nitrogens with zero attached hydrogens (tertiary/aromatic N) is 3. The third-order valence-electron chi connectivity index (χ3n) is 1.97. The lowest BCUT2D eigenvalue weighted by molar-refractivity contribution is -0.153. The monoisotopic (exact) mass is 246 g/mol. The fraction of sp³-hybridized carbons (Fsp3) is 0.333. The van der Waals surface area contributed by atoms with E-state index in [2.05, 4.69) is 20.0 Å². The topological polar surface area (TPSA) is 51.5 Å². The number of alkyl halides is 3. The molecule has 2 aromatic heterocycles. The molecule has 0 aliphatic carbocycles. The zero-order valence-electron chi connectivity index (χ0n) is 8.82. The van der Waals surface area contributed by atoms with Crippen molar-refractivity contribution in [3.8, 4) is 5.88 Å². The Labute approximate surface area is 94.2 Å². The molecule has 0 aromatic carbocycles. The number of nitrogens with one attached hydrogen (secondary N) is 1. The molecule has 2 heterocycles. The van der Waals surface area contributed by atoms with E-state index in [1.54, 1.807) is 19.4 Å². The number of hydrogen-bond acceptors (Lipinski definition) is 4. The van der Waals surface area contributed by atoms with Crippen molar-refractivity contribution in [2.75, 3.05) is 19.0 Å². The van der Waals surface area contributed by atoms with E-state index >= 15 is 0 Å². The van der Waals surface area contributed by atoms with Gasteiger partial charge in [0.1, 0.15) is 5.82 Å². The third-order valence-corrected chi connectivity index (χ3v) is 1.97. The quantitative estimate of drug-likeness (QED) is 0.895. The molecule has 0 spiro atoms. The molecule has 0 radical (unpaired) electrons. The first kappa shape index (κ1) is 11.5. The lowest BCUT2D eigenvalue weighted by atomic mass is 10.6. The summed E-state index contributed by atoms with van der Waals surface area (Å²) in [5.41, 5.74) is 0.244. The molecule has 2 rings (SSSR count). The molecule has 8 heteroatoms. The van der Waals surface area contributed by atoms with Crippen molar-refractivity contribution < 1.29 is 17.9 Å². The molecule has 0 amide bonds. The molecule has 5 nitrogen and oxygen atoms in total. The van der Waals surface area contributed by atoms with Gasteiger partial charge in [-0.2, -0.15) is 18.2 Å². The van der Waals surface area contributed by atoms with Gasteiger partial charge in [0.15, 0.2) is 6.61 Å². The summed E-state index contributed by atoms with van der Waals surface area (Å²) in [6.07, 6.45) is 0.249. The van der Waals surface area contributed by atoms with Gasteiger partial charge >= 0.3 is 6.18 Å². The van der Waals surface area contributed by atoms with E-state index in [-0.39, 0.29) is 11.5 Å². The van der Waals surface area contributed by atoms with Crippen LogP contribution in [0.5, 0.6) is 5.88 Å². The second-order valence-electron chi connectivity index (χ2n) is 3.24. The molecule has 0 aliphatic heterocycles. The van der Waals surface area contributed by atoms with E-state index in [4.69, 9.17) is 0 Å². The zero-order chi connectivity index (χ0) is 12.5. The van der Waals surface area contributed by atoms with Gasteiger partial charge in [-0.3, -0.25) is 4.40 Å². The SMILES string of the molecule is CNc1cn2ccnc2c(OCC(F)(F)F)n1. The van der Waals surface area contributed by atoms with Crippen molar-refractivity contribution in [1.82, 2.24) is 14.4 Å². The van der Waals surface area contributed by atoms with Crippen LogP contribution in [0.2, 0.25) is 0 Å². The first-order valence-electron chi connectivity index (χ1n) is 4.70. The molecule has 0 saturated carbocycles. The van der Waals surface area contributed by atoms with E-state index < -0.39 is 12.8 Å². The number of anilines is 1. The molecule has 17 heavy (non-hydrogen) atoms. The van der Waals surface area contributed by atoms with Gasteiger partial charge in [0.05, 0.1) is 6.20 Å². The van der Waals surface area contributed by atoms with Crippen LogP contribution in [-0.2, 0) is 0 Å². The maximum atomic E-state index is 12.1. The van der Waals surface area contributed by atoms with Gasteiger partial charge in [0, 0.05) is 19.4 Å². The standard InChI is InChI=1S/C9H9F3N4O/c1-13-6-4-16-3-2-14-7(16)8(15-6)17-5-9(10,11)12/h2-4,13H,5H2,1H3.